The Morgan fingerprint density at radius 1 is 1.32 bits per heavy atom. The van der Waals surface area contributed by atoms with Gasteiger partial charge in [0.2, 0.25) is 0 Å². The largest absolute Gasteiger partial charge is 0.381 e. The molecule has 0 bridgehead atoms. The summed E-state index contributed by atoms with van der Waals surface area (Å²) in [7, 11) is 1.78. The van der Waals surface area contributed by atoms with Crippen molar-refractivity contribution in [2.24, 2.45) is 4.99 Å². The zero-order valence-corrected chi connectivity index (χ0v) is 17.8. The van der Waals surface area contributed by atoms with Crippen molar-refractivity contribution < 1.29 is 9.47 Å². The van der Waals surface area contributed by atoms with Crippen molar-refractivity contribution in [2.45, 2.75) is 31.8 Å². The maximum absolute atomic E-state index is 5.85. The molecule has 1 saturated heterocycles. The van der Waals surface area contributed by atoms with Crippen LogP contribution < -0.4 is 10.6 Å². The van der Waals surface area contributed by atoms with Crippen molar-refractivity contribution in [3.8, 4) is 0 Å². The molecule has 2 N–H and O–H groups in total. The number of hydrogen-bond acceptors (Lipinski definition) is 4. The van der Waals surface area contributed by atoms with Crippen LogP contribution in [0.15, 0.2) is 23.3 Å². The molecule has 1 aromatic heterocycles. The van der Waals surface area contributed by atoms with Gasteiger partial charge in [-0.2, -0.15) is 0 Å². The van der Waals surface area contributed by atoms with Crippen LogP contribution in [0.4, 0.5) is 0 Å². The van der Waals surface area contributed by atoms with Crippen LogP contribution in [0.3, 0.4) is 0 Å². The molecule has 142 valence electrons. The van der Waals surface area contributed by atoms with Gasteiger partial charge in [-0.3, -0.25) is 4.99 Å². The highest BCUT2D eigenvalue weighted by Gasteiger charge is 2.13. The molecule has 0 saturated carbocycles. The quantitative estimate of drug-likeness (QED) is 0.196. The number of rotatable bonds is 8. The minimum absolute atomic E-state index is 0. The van der Waals surface area contributed by atoms with E-state index in [0.717, 1.165) is 70.1 Å². The lowest BCUT2D eigenvalue weighted by Gasteiger charge is -2.22. The first-order valence-electron chi connectivity index (χ1n) is 8.52. The van der Waals surface area contributed by atoms with Gasteiger partial charge in [0, 0.05) is 46.2 Å². The predicted octanol–water partition coefficient (Wildman–Crippen LogP) is 2.65. The van der Waals surface area contributed by atoms with Crippen LogP contribution in [-0.2, 0) is 15.9 Å². The number of nitrogens with one attached hydrogen (secondary N) is 2. The zero-order chi connectivity index (χ0) is 17.0. The maximum Gasteiger partial charge on any atom is 0.190 e. The minimum Gasteiger partial charge on any atom is -0.381 e. The smallest absolute Gasteiger partial charge is 0.190 e. The van der Waals surface area contributed by atoms with Gasteiger partial charge in [0.1, 0.15) is 5.15 Å². The molecule has 1 aromatic rings. The van der Waals surface area contributed by atoms with Crippen molar-refractivity contribution in [1.29, 1.82) is 0 Å². The predicted molar refractivity (Wildman–Crippen MR) is 112 cm³/mol. The van der Waals surface area contributed by atoms with Crippen LogP contribution in [0.1, 0.15) is 24.8 Å². The fourth-order valence-electron chi connectivity index (χ4n) is 2.47. The number of pyridine rings is 1. The van der Waals surface area contributed by atoms with Crippen molar-refractivity contribution in [2.75, 3.05) is 40.0 Å². The molecule has 0 spiro atoms. The summed E-state index contributed by atoms with van der Waals surface area (Å²) >= 11 is 5.78. The molecule has 0 atom stereocenters. The number of aliphatic imine (C=N–C) groups is 1. The molecular weight excluding hydrogens is 455 g/mol. The number of guanidine groups is 1. The molecule has 1 aliphatic rings. The highest BCUT2D eigenvalue weighted by atomic mass is 127. The van der Waals surface area contributed by atoms with Crippen molar-refractivity contribution in [3.63, 3.8) is 0 Å². The van der Waals surface area contributed by atoms with Gasteiger partial charge in [-0.05, 0) is 37.3 Å². The van der Waals surface area contributed by atoms with Gasteiger partial charge in [0.25, 0.3) is 0 Å². The summed E-state index contributed by atoms with van der Waals surface area (Å²) in [5, 5.41) is 7.11. The third-order valence-corrected chi connectivity index (χ3v) is 4.08. The number of ether oxygens (including phenoxy) is 2. The van der Waals surface area contributed by atoms with Crippen LogP contribution in [0.25, 0.3) is 0 Å². The van der Waals surface area contributed by atoms with Crippen LogP contribution in [0.5, 0.6) is 0 Å². The van der Waals surface area contributed by atoms with E-state index in [-0.39, 0.29) is 24.0 Å². The molecule has 0 aliphatic carbocycles. The van der Waals surface area contributed by atoms with Crippen LogP contribution in [0, 0.1) is 0 Å². The Bertz CT molecular complexity index is 496. The van der Waals surface area contributed by atoms with Crippen LogP contribution in [-0.4, -0.2) is 57.0 Å². The van der Waals surface area contributed by atoms with Crippen molar-refractivity contribution >= 4 is 41.5 Å². The van der Waals surface area contributed by atoms with Gasteiger partial charge in [-0.25, -0.2) is 4.98 Å². The normalized spacial score (nSPS) is 15.5. The van der Waals surface area contributed by atoms with E-state index in [4.69, 9.17) is 21.1 Å². The summed E-state index contributed by atoms with van der Waals surface area (Å²) in [4.78, 5) is 8.30. The topological polar surface area (TPSA) is 67.8 Å². The van der Waals surface area contributed by atoms with Gasteiger partial charge in [-0.15, -0.1) is 24.0 Å². The third kappa shape index (κ3) is 9.58. The van der Waals surface area contributed by atoms with Crippen molar-refractivity contribution in [3.05, 3.63) is 29.0 Å². The summed E-state index contributed by atoms with van der Waals surface area (Å²) in [5.74, 6) is 0.808. The molecule has 25 heavy (non-hydrogen) atoms. The second-order valence-corrected chi connectivity index (χ2v) is 6.09. The third-order valence-electron chi connectivity index (χ3n) is 3.85. The Morgan fingerprint density at radius 3 is 2.76 bits per heavy atom. The van der Waals surface area contributed by atoms with Crippen LogP contribution >= 0.6 is 35.6 Å². The lowest BCUT2D eigenvalue weighted by molar-refractivity contribution is -0.0320. The van der Waals surface area contributed by atoms with Gasteiger partial charge in [-0.1, -0.05) is 17.7 Å². The van der Waals surface area contributed by atoms with E-state index >= 15 is 0 Å². The number of hydrogen-bond donors (Lipinski definition) is 2. The Labute approximate surface area is 172 Å². The molecule has 2 heterocycles. The van der Waals surface area contributed by atoms with E-state index in [9.17, 15) is 0 Å². The fourth-order valence-corrected chi connectivity index (χ4v) is 2.58. The molecule has 1 aliphatic heterocycles. The molecule has 0 unspecified atom stereocenters. The van der Waals surface area contributed by atoms with Crippen molar-refractivity contribution in [1.82, 2.24) is 15.6 Å². The second-order valence-electron chi connectivity index (χ2n) is 5.70. The molecule has 2 rings (SSSR count). The van der Waals surface area contributed by atoms with Gasteiger partial charge in [0.05, 0.1) is 6.10 Å². The number of aromatic nitrogens is 1. The van der Waals surface area contributed by atoms with Crippen LogP contribution in [0.2, 0.25) is 5.15 Å². The molecule has 0 radical (unpaired) electrons. The minimum atomic E-state index is 0. The van der Waals surface area contributed by atoms with E-state index in [1.54, 1.807) is 13.2 Å². The second kappa shape index (κ2) is 13.5. The lowest BCUT2D eigenvalue weighted by atomic mass is 10.1. The van der Waals surface area contributed by atoms with Gasteiger partial charge in [0.15, 0.2) is 5.96 Å². The Balaban J connectivity index is 0.00000312. The maximum atomic E-state index is 5.85. The lowest BCUT2D eigenvalue weighted by Crippen LogP contribution is -2.39. The molecule has 1 fully saturated rings. The van der Waals surface area contributed by atoms with E-state index in [0.29, 0.717) is 11.3 Å². The molecule has 0 amide bonds. The van der Waals surface area contributed by atoms with E-state index in [1.807, 2.05) is 12.1 Å². The first-order chi connectivity index (χ1) is 11.8. The Kier molecular flexibility index (Phi) is 12.1. The summed E-state index contributed by atoms with van der Waals surface area (Å²) in [5.41, 5.74) is 1.15. The summed E-state index contributed by atoms with van der Waals surface area (Å²) < 4.78 is 11.2. The Morgan fingerprint density at radius 2 is 2.08 bits per heavy atom. The van der Waals surface area contributed by atoms with Gasteiger partial charge >= 0.3 is 0 Å². The first-order valence-corrected chi connectivity index (χ1v) is 8.90. The summed E-state index contributed by atoms with van der Waals surface area (Å²) in [6.07, 6.45) is 6.01. The number of halogens is 2. The summed E-state index contributed by atoms with van der Waals surface area (Å²) in [6.45, 7) is 4.04. The number of nitrogens with zero attached hydrogens (tertiary/aromatic N) is 2. The first kappa shape index (κ1) is 22.4. The highest BCUT2D eigenvalue weighted by Crippen LogP contribution is 2.10. The average molecular weight is 483 g/mol. The monoisotopic (exact) mass is 482 g/mol. The molecule has 0 aromatic carbocycles. The molecule has 6 nitrogen and oxygen atoms in total. The van der Waals surface area contributed by atoms with E-state index in [1.165, 1.54) is 0 Å². The summed E-state index contributed by atoms with van der Waals surface area (Å²) in [6, 6.07) is 3.79. The Hall–Kier alpha value is -0.640. The van der Waals surface area contributed by atoms with E-state index in [2.05, 4.69) is 20.6 Å². The molecular formula is C17H28ClIN4O2. The standard InChI is InChI=1S/C17H27ClN4O2.HI/c1-19-17(21-9-5-14-3-4-16(18)22-13-14)20-8-2-10-24-15-6-11-23-12-7-15;/h3-4,13,15H,2,5-12H2,1H3,(H2,19,20,21);1H. The molecule has 8 heteroatoms. The zero-order valence-electron chi connectivity index (χ0n) is 14.7. The SMILES string of the molecule is CN=C(NCCCOC1CCOCC1)NCCc1ccc(Cl)nc1.I. The highest BCUT2D eigenvalue weighted by molar-refractivity contribution is 14.0. The fraction of sp³-hybridized carbons (Fsp3) is 0.647. The average Bonchev–Trinajstić information content (AvgIpc) is 2.62. The van der Waals surface area contributed by atoms with E-state index < -0.39 is 0 Å². The van der Waals surface area contributed by atoms with Gasteiger partial charge < -0.3 is 20.1 Å².